The quantitative estimate of drug-likeness (QED) is 0.156. The molecule has 0 spiro atoms. The van der Waals surface area contributed by atoms with E-state index in [2.05, 4.69) is 50.3 Å². The largest absolute Gasteiger partial charge is 0.227 e. The SMILES string of the molecule is CC(C)(c1ccc(-c2nc(-c3ccccc3)nc(-c3ccccc3)c2C#N)cc1)c1ccc(-c2nc(-c3ccccc3)nc(-c3ccccc3)c2C#N)cc1. The first kappa shape index (κ1) is 34.5. The van der Waals surface area contributed by atoms with Crippen molar-refractivity contribution in [3.63, 3.8) is 0 Å². The first-order chi connectivity index (χ1) is 26.9. The summed E-state index contributed by atoms with van der Waals surface area (Å²) < 4.78 is 0. The molecule has 0 atom stereocenters. The van der Waals surface area contributed by atoms with Gasteiger partial charge in [-0.1, -0.05) is 184 Å². The molecule has 0 fully saturated rings. The summed E-state index contributed by atoms with van der Waals surface area (Å²) in [6, 6.07) is 60.6. The number of hydrogen-bond donors (Lipinski definition) is 0. The molecule has 0 saturated heterocycles. The Morgan fingerprint density at radius 1 is 0.345 bits per heavy atom. The lowest BCUT2D eigenvalue weighted by Gasteiger charge is -2.27. The fourth-order valence-corrected chi connectivity index (χ4v) is 6.85. The van der Waals surface area contributed by atoms with Crippen molar-refractivity contribution in [3.8, 4) is 79.9 Å². The molecule has 8 aromatic rings. The van der Waals surface area contributed by atoms with Gasteiger partial charge in [-0.25, -0.2) is 19.9 Å². The highest BCUT2D eigenvalue weighted by Gasteiger charge is 2.25. The molecular weight excluding hydrogens is 673 g/mol. The van der Waals surface area contributed by atoms with E-state index in [9.17, 15) is 10.5 Å². The van der Waals surface area contributed by atoms with Crippen LogP contribution in [0.5, 0.6) is 0 Å². The van der Waals surface area contributed by atoms with Crippen LogP contribution >= 0.6 is 0 Å². The minimum atomic E-state index is -0.376. The Balaban J connectivity index is 1.16. The van der Waals surface area contributed by atoms with Gasteiger partial charge in [-0.2, -0.15) is 10.5 Å². The average Bonchev–Trinajstić information content (AvgIpc) is 3.26. The molecule has 0 saturated carbocycles. The van der Waals surface area contributed by atoms with Gasteiger partial charge in [-0.05, 0) is 11.1 Å². The maximum absolute atomic E-state index is 10.4. The number of nitriles is 2. The van der Waals surface area contributed by atoms with Crippen LogP contribution in [0.1, 0.15) is 36.1 Å². The number of hydrogen-bond acceptors (Lipinski definition) is 6. The van der Waals surface area contributed by atoms with E-state index in [-0.39, 0.29) is 5.41 Å². The lowest BCUT2D eigenvalue weighted by molar-refractivity contribution is 0.641. The Hall–Kier alpha value is -7.54. The normalized spacial score (nSPS) is 11.1. The van der Waals surface area contributed by atoms with Gasteiger partial charge >= 0.3 is 0 Å². The minimum Gasteiger partial charge on any atom is -0.227 e. The number of aromatic nitrogens is 4. The molecule has 0 unspecified atom stereocenters. The molecule has 6 nitrogen and oxygen atoms in total. The summed E-state index contributed by atoms with van der Waals surface area (Å²) in [4.78, 5) is 19.7. The summed E-state index contributed by atoms with van der Waals surface area (Å²) in [5.74, 6) is 1.13. The Labute approximate surface area is 320 Å². The van der Waals surface area contributed by atoms with Crippen LogP contribution < -0.4 is 0 Å². The van der Waals surface area contributed by atoms with Crippen molar-refractivity contribution in [2.75, 3.05) is 0 Å². The third-order valence-corrected chi connectivity index (χ3v) is 9.96. The fraction of sp³-hybridized carbons (Fsp3) is 0.0612. The Kier molecular flexibility index (Phi) is 9.31. The van der Waals surface area contributed by atoms with E-state index < -0.39 is 0 Å². The molecule has 0 bridgehead atoms. The van der Waals surface area contributed by atoms with Crippen LogP contribution in [0.4, 0.5) is 0 Å². The highest BCUT2D eigenvalue weighted by Crippen LogP contribution is 2.38. The molecule has 2 aromatic heterocycles. The highest BCUT2D eigenvalue weighted by molar-refractivity contribution is 5.81. The summed E-state index contributed by atoms with van der Waals surface area (Å²) in [6.45, 7) is 4.38. The van der Waals surface area contributed by atoms with Gasteiger partial charge in [0.25, 0.3) is 0 Å². The van der Waals surface area contributed by atoms with Gasteiger partial charge in [-0.15, -0.1) is 0 Å². The van der Waals surface area contributed by atoms with Crippen LogP contribution in [-0.2, 0) is 5.41 Å². The molecule has 0 N–H and O–H groups in total. The summed E-state index contributed by atoms with van der Waals surface area (Å²) in [5, 5.41) is 20.9. The number of benzene rings is 6. The molecule has 0 aliphatic rings. The predicted molar refractivity (Wildman–Crippen MR) is 218 cm³/mol. The summed E-state index contributed by atoms with van der Waals surface area (Å²) in [5.41, 5.74) is 10.2. The van der Waals surface area contributed by atoms with Crippen molar-refractivity contribution in [2.45, 2.75) is 19.3 Å². The van der Waals surface area contributed by atoms with Crippen LogP contribution in [0.15, 0.2) is 170 Å². The van der Waals surface area contributed by atoms with Crippen molar-refractivity contribution in [2.24, 2.45) is 0 Å². The van der Waals surface area contributed by atoms with Gasteiger partial charge < -0.3 is 0 Å². The van der Waals surface area contributed by atoms with Crippen molar-refractivity contribution >= 4 is 0 Å². The molecule has 0 aliphatic heterocycles. The van der Waals surface area contributed by atoms with Crippen LogP contribution in [-0.4, -0.2) is 19.9 Å². The Bertz CT molecular complexity index is 2510. The zero-order valence-electron chi connectivity index (χ0n) is 30.3. The Morgan fingerprint density at radius 2 is 0.600 bits per heavy atom. The third-order valence-electron chi connectivity index (χ3n) is 9.96. The van der Waals surface area contributed by atoms with E-state index in [4.69, 9.17) is 19.9 Å². The van der Waals surface area contributed by atoms with Crippen molar-refractivity contribution < 1.29 is 0 Å². The van der Waals surface area contributed by atoms with E-state index >= 15 is 0 Å². The van der Waals surface area contributed by atoms with Gasteiger partial charge in [0.2, 0.25) is 0 Å². The molecule has 260 valence electrons. The monoisotopic (exact) mass is 706 g/mol. The smallest absolute Gasteiger partial charge is 0.160 e. The second-order valence-corrected chi connectivity index (χ2v) is 13.7. The molecule has 6 aromatic carbocycles. The maximum atomic E-state index is 10.4. The van der Waals surface area contributed by atoms with E-state index in [1.165, 1.54) is 0 Å². The lowest BCUT2D eigenvalue weighted by atomic mass is 9.77. The zero-order valence-corrected chi connectivity index (χ0v) is 30.3. The molecule has 55 heavy (non-hydrogen) atoms. The molecule has 8 rings (SSSR count). The van der Waals surface area contributed by atoms with Crippen LogP contribution in [0.25, 0.3) is 67.8 Å². The van der Waals surface area contributed by atoms with E-state index in [1.54, 1.807) is 0 Å². The maximum Gasteiger partial charge on any atom is 0.160 e. The molecular formula is C49H34N6. The third kappa shape index (κ3) is 6.77. The fourth-order valence-electron chi connectivity index (χ4n) is 6.85. The van der Waals surface area contributed by atoms with Crippen LogP contribution in [0.2, 0.25) is 0 Å². The van der Waals surface area contributed by atoms with Gasteiger partial charge in [0.05, 0.1) is 22.8 Å². The Morgan fingerprint density at radius 3 is 0.873 bits per heavy atom. The first-order valence-electron chi connectivity index (χ1n) is 18.0. The van der Waals surface area contributed by atoms with Crippen LogP contribution in [0.3, 0.4) is 0 Å². The molecule has 0 aliphatic carbocycles. The average molecular weight is 707 g/mol. The molecule has 0 radical (unpaired) electrons. The van der Waals surface area contributed by atoms with Crippen molar-refractivity contribution in [3.05, 3.63) is 192 Å². The van der Waals surface area contributed by atoms with E-state index in [0.29, 0.717) is 45.6 Å². The predicted octanol–water partition coefficient (Wildman–Crippen LogP) is 11.3. The topological polar surface area (TPSA) is 99.1 Å². The molecule has 0 amide bonds. The van der Waals surface area contributed by atoms with E-state index in [0.717, 1.165) is 44.5 Å². The standard InChI is InChI=1S/C49H34N6/c1-49(2,39-27-23-35(24-28-39)45-41(31-50)43(33-15-7-3-8-16-33)52-47(54-45)37-19-11-5-12-20-37)40-29-25-36(26-30-40)46-42(32-51)44(34-17-9-4-10-18-34)53-48(55-46)38-21-13-6-14-22-38/h3-30H,1-2H3. The van der Waals surface area contributed by atoms with Crippen LogP contribution in [0, 0.1) is 22.7 Å². The second-order valence-electron chi connectivity index (χ2n) is 13.7. The van der Waals surface area contributed by atoms with Crippen molar-refractivity contribution in [1.82, 2.24) is 19.9 Å². The second kappa shape index (κ2) is 14.8. The van der Waals surface area contributed by atoms with Gasteiger partial charge in [0.15, 0.2) is 11.6 Å². The van der Waals surface area contributed by atoms with Crippen molar-refractivity contribution in [1.29, 1.82) is 10.5 Å². The van der Waals surface area contributed by atoms with Gasteiger partial charge in [0.1, 0.15) is 23.3 Å². The number of nitrogens with zero attached hydrogens (tertiary/aromatic N) is 6. The molecule has 2 heterocycles. The molecule has 6 heteroatoms. The summed E-state index contributed by atoms with van der Waals surface area (Å²) in [6.07, 6.45) is 0. The summed E-state index contributed by atoms with van der Waals surface area (Å²) >= 11 is 0. The van der Waals surface area contributed by atoms with Gasteiger partial charge in [0, 0.05) is 38.8 Å². The first-order valence-corrected chi connectivity index (χ1v) is 18.0. The highest BCUT2D eigenvalue weighted by atomic mass is 14.9. The number of rotatable bonds is 8. The van der Waals surface area contributed by atoms with Gasteiger partial charge in [-0.3, -0.25) is 0 Å². The zero-order chi connectivity index (χ0) is 37.8. The lowest BCUT2D eigenvalue weighted by Crippen LogP contribution is -2.18. The minimum absolute atomic E-state index is 0.376. The van der Waals surface area contributed by atoms with E-state index in [1.807, 2.05) is 146 Å². The summed E-state index contributed by atoms with van der Waals surface area (Å²) in [7, 11) is 0.